The molecule has 1 N–H and O–H groups in total. The van der Waals surface area contributed by atoms with Crippen LogP contribution in [0.3, 0.4) is 0 Å². The van der Waals surface area contributed by atoms with Crippen LogP contribution in [0.2, 0.25) is 0 Å². The van der Waals surface area contributed by atoms with Crippen molar-refractivity contribution in [1.29, 1.82) is 0 Å². The number of β-amino-alcohol motifs (C(OH)–C–C–N with tert-alkyl or cyclic N) is 1. The Kier molecular flexibility index (Phi) is 2.24. The molecule has 15 heavy (non-hydrogen) atoms. The first-order valence-corrected chi connectivity index (χ1v) is 4.41. The third kappa shape index (κ3) is 1.41. The van der Waals surface area contributed by atoms with E-state index in [0.717, 1.165) is 17.0 Å². The zero-order valence-corrected chi connectivity index (χ0v) is 7.74. The Morgan fingerprint density at radius 2 is 1.87 bits per heavy atom. The van der Waals surface area contributed by atoms with E-state index >= 15 is 0 Å². The van der Waals surface area contributed by atoms with Crippen LogP contribution in [-0.2, 0) is 0 Å². The lowest BCUT2D eigenvalue weighted by Gasteiger charge is -2.10. The van der Waals surface area contributed by atoms with Crippen LogP contribution in [0.5, 0.6) is 0 Å². The summed E-state index contributed by atoms with van der Waals surface area (Å²) < 4.78 is 12.8. The van der Waals surface area contributed by atoms with E-state index < -0.39 is 17.6 Å². The lowest BCUT2D eigenvalue weighted by molar-refractivity contribution is 0.0624. The number of fused-ring (bicyclic) bond motifs is 1. The second-order valence-corrected chi connectivity index (χ2v) is 3.18. The molecule has 0 bridgehead atoms. The minimum absolute atomic E-state index is 0.0615. The Morgan fingerprint density at radius 3 is 2.53 bits per heavy atom. The summed E-state index contributed by atoms with van der Waals surface area (Å²) in [4.78, 5) is 24.1. The second-order valence-electron chi connectivity index (χ2n) is 3.18. The van der Waals surface area contributed by atoms with Crippen LogP contribution < -0.4 is 0 Å². The molecule has 1 heterocycles. The molecule has 4 nitrogen and oxygen atoms in total. The fourth-order valence-electron chi connectivity index (χ4n) is 1.57. The summed E-state index contributed by atoms with van der Waals surface area (Å²) in [6, 6.07) is 3.45. The standard InChI is InChI=1S/C10H8FNO3/c11-6-1-2-7-8(5-6)10(15)12(3-4-13)9(7)14/h1-2,5,13H,3-4H2. The van der Waals surface area contributed by atoms with Crippen molar-refractivity contribution < 1.29 is 19.1 Å². The summed E-state index contributed by atoms with van der Waals surface area (Å²) in [7, 11) is 0. The maximum atomic E-state index is 12.8. The molecule has 1 aromatic rings. The summed E-state index contributed by atoms with van der Waals surface area (Å²) >= 11 is 0. The van der Waals surface area contributed by atoms with Gasteiger partial charge in [0.2, 0.25) is 0 Å². The van der Waals surface area contributed by atoms with Crippen molar-refractivity contribution in [1.82, 2.24) is 4.90 Å². The van der Waals surface area contributed by atoms with Gasteiger partial charge in [0.1, 0.15) is 5.82 Å². The Labute approximate surface area is 84.9 Å². The van der Waals surface area contributed by atoms with Gasteiger partial charge in [-0.1, -0.05) is 0 Å². The zero-order chi connectivity index (χ0) is 11.0. The quantitative estimate of drug-likeness (QED) is 0.718. The lowest BCUT2D eigenvalue weighted by Crippen LogP contribution is -2.32. The Morgan fingerprint density at radius 1 is 1.20 bits per heavy atom. The number of nitrogens with zero attached hydrogens (tertiary/aromatic N) is 1. The molecule has 0 radical (unpaired) electrons. The first kappa shape index (κ1) is 9.79. The lowest BCUT2D eigenvalue weighted by atomic mass is 10.1. The van der Waals surface area contributed by atoms with Crippen molar-refractivity contribution in [2.75, 3.05) is 13.2 Å². The van der Waals surface area contributed by atoms with Crippen LogP contribution >= 0.6 is 0 Å². The predicted octanol–water partition coefficient (Wildman–Crippen LogP) is 0.414. The van der Waals surface area contributed by atoms with E-state index in [1.165, 1.54) is 6.07 Å². The van der Waals surface area contributed by atoms with Gasteiger partial charge in [-0.25, -0.2) is 4.39 Å². The second kappa shape index (κ2) is 3.43. The predicted molar refractivity (Wildman–Crippen MR) is 48.9 cm³/mol. The number of aliphatic hydroxyl groups is 1. The van der Waals surface area contributed by atoms with Crippen molar-refractivity contribution in [3.05, 3.63) is 35.1 Å². The first-order valence-electron chi connectivity index (χ1n) is 4.41. The van der Waals surface area contributed by atoms with Gasteiger partial charge < -0.3 is 5.11 Å². The number of carbonyl (C=O) groups is 2. The van der Waals surface area contributed by atoms with Gasteiger partial charge in [0, 0.05) is 0 Å². The average Bonchev–Trinajstić information content (AvgIpc) is 2.44. The first-order chi connectivity index (χ1) is 7.15. The molecule has 2 amide bonds. The highest BCUT2D eigenvalue weighted by Gasteiger charge is 2.35. The van der Waals surface area contributed by atoms with Gasteiger partial charge in [-0.3, -0.25) is 14.5 Å². The molecule has 0 fully saturated rings. The maximum Gasteiger partial charge on any atom is 0.261 e. The van der Waals surface area contributed by atoms with Crippen LogP contribution in [0.4, 0.5) is 4.39 Å². The Bertz CT molecular complexity index is 444. The van der Waals surface area contributed by atoms with Crippen LogP contribution in [0, 0.1) is 5.82 Å². The maximum absolute atomic E-state index is 12.8. The molecule has 1 aromatic carbocycles. The highest BCUT2D eigenvalue weighted by atomic mass is 19.1. The normalized spacial score (nSPS) is 14.7. The number of benzene rings is 1. The number of imide groups is 1. The van der Waals surface area contributed by atoms with Crippen molar-refractivity contribution in [3.8, 4) is 0 Å². The molecule has 78 valence electrons. The molecular formula is C10H8FNO3. The monoisotopic (exact) mass is 209 g/mol. The summed E-state index contributed by atoms with van der Waals surface area (Å²) in [6.45, 7) is -0.359. The number of rotatable bonds is 2. The minimum Gasteiger partial charge on any atom is -0.395 e. The number of amides is 2. The Hall–Kier alpha value is -1.75. The van der Waals surface area contributed by atoms with Crippen molar-refractivity contribution in [2.45, 2.75) is 0 Å². The zero-order valence-electron chi connectivity index (χ0n) is 7.74. The van der Waals surface area contributed by atoms with Crippen LogP contribution in [0.1, 0.15) is 20.7 Å². The van der Waals surface area contributed by atoms with E-state index in [2.05, 4.69) is 0 Å². The van der Waals surface area contributed by atoms with E-state index in [0.29, 0.717) is 0 Å². The number of carbonyl (C=O) groups excluding carboxylic acids is 2. The minimum atomic E-state index is -0.555. The number of hydrogen-bond donors (Lipinski definition) is 1. The van der Waals surface area contributed by atoms with Crippen LogP contribution in [-0.4, -0.2) is 35.0 Å². The van der Waals surface area contributed by atoms with Gasteiger partial charge in [-0.2, -0.15) is 0 Å². The highest BCUT2D eigenvalue weighted by Crippen LogP contribution is 2.22. The van der Waals surface area contributed by atoms with Gasteiger partial charge in [0.05, 0.1) is 24.3 Å². The molecule has 0 aromatic heterocycles. The van der Waals surface area contributed by atoms with E-state index in [9.17, 15) is 14.0 Å². The molecule has 0 saturated heterocycles. The van der Waals surface area contributed by atoms with E-state index in [-0.39, 0.29) is 24.3 Å². The third-order valence-electron chi connectivity index (χ3n) is 2.26. The van der Waals surface area contributed by atoms with Crippen molar-refractivity contribution >= 4 is 11.8 Å². The van der Waals surface area contributed by atoms with Gasteiger partial charge in [-0.15, -0.1) is 0 Å². The van der Waals surface area contributed by atoms with E-state index in [1.54, 1.807) is 0 Å². The fourth-order valence-corrected chi connectivity index (χ4v) is 1.57. The summed E-state index contributed by atoms with van der Waals surface area (Å²) in [5, 5.41) is 8.68. The molecular weight excluding hydrogens is 201 g/mol. The number of halogens is 1. The average molecular weight is 209 g/mol. The van der Waals surface area contributed by atoms with Gasteiger partial charge >= 0.3 is 0 Å². The fraction of sp³-hybridized carbons (Fsp3) is 0.200. The number of aliphatic hydroxyl groups excluding tert-OH is 1. The molecule has 1 aliphatic heterocycles. The van der Waals surface area contributed by atoms with E-state index in [4.69, 9.17) is 5.11 Å². The topological polar surface area (TPSA) is 57.6 Å². The molecule has 0 unspecified atom stereocenters. The SMILES string of the molecule is O=C1c2ccc(F)cc2C(=O)N1CCO. The van der Waals surface area contributed by atoms with Gasteiger partial charge in [0.15, 0.2) is 0 Å². The third-order valence-corrected chi connectivity index (χ3v) is 2.26. The smallest absolute Gasteiger partial charge is 0.261 e. The highest BCUT2D eigenvalue weighted by molar-refractivity contribution is 6.21. The van der Waals surface area contributed by atoms with Crippen molar-refractivity contribution in [2.24, 2.45) is 0 Å². The molecule has 0 spiro atoms. The summed E-state index contributed by atoms with van der Waals surface area (Å²) in [5.41, 5.74) is 0.253. The molecule has 0 aliphatic carbocycles. The van der Waals surface area contributed by atoms with Crippen molar-refractivity contribution in [3.63, 3.8) is 0 Å². The molecule has 5 heteroatoms. The summed E-state index contributed by atoms with van der Waals surface area (Å²) in [6.07, 6.45) is 0. The van der Waals surface area contributed by atoms with Crippen LogP contribution in [0.15, 0.2) is 18.2 Å². The van der Waals surface area contributed by atoms with E-state index in [1.807, 2.05) is 0 Å². The molecule has 0 atom stereocenters. The van der Waals surface area contributed by atoms with Crippen LogP contribution in [0.25, 0.3) is 0 Å². The largest absolute Gasteiger partial charge is 0.395 e. The van der Waals surface area contributed by atoms with Gasteiger partial charge in [-0.05, 0) is 18.2 Å². The number of hydrogen-bond acceptors (Lipinski definition) is 3. The molecule has 0 saturated carbocycles. The Balaban J connectivity index is 2.46. The molecule has 2 rings (SSSR count). The summed E-state index contributed by atoms with van der Waals surface area (Å²) in [5.74, 6) is -1.59. The van der Waals surface area contributed by atoms with Gasteiger partial charge in [0.25, 0.3) is 11.8 Å². The molecule has 1 aliphatic rings.